The zero-order valence-electron chi connectivity index (χ0n) is 10.8. The summed E-state index contributed by atoms with van der Waals surface area (Å²) in [5.41, 5.74) is 0.687. The molecule has 1 aliphatic rings. The Balaban J connectivity index is 1.81. The van der Waals surface area contributed by atoms with Crippen molar-refractivity contribution in [1.82, 2.24) is 4.98 Å². The molecule has 1 aliphatic heterocycles. The molecule has 1 amide bonds. The summed E-state index contributed by atoms with van der Waals surface area (Å²) < 4.78 is 5.10. The number of pyridine rings is 1. The highest BCUT2D eigenvalue weighted by atomic mass is 35.5. The molecule has 0 atom stereocenters. The molecule has 0 bridgehead atoms. The van der Waals surface area contributed by atoms with Crippen molar-refractivity contribution in [3.63, 3.8) is 0 Å². The Morgan fingerprint density at radius 3 is 2.80 bits per heavy atom. The van der Waals surface area contributed by atoms with Crippen LogP contribution in [0.15, 0.2) is 34.9 Å². The van der Waals surface area contributed by atoms with Gasteiger partial charge in [0.1, 0.15) is 0 Å². The Morgan fingerprint density at radius 2 is 2.10 bits per heavy atom. The highest BCUT2D eigenvalue weighted by molar-refractivity contribution is 6.29. The molecule has 1 fully saturated rings. The Hall–Kier alpha value is -2.01. The minimum Gasteiger partial charge on any atom is -0.440 e. The van der Waals surface area contributed by atoms with Gasteiger partial charge in [-0.05, 0) is 48.7 Å². The number of hydrogen-bond donors (Lipinski definition) is 1. The van der Waals surface area contributed by atoms with E-state index in [1.165, 1.54) is 0 Å². The van der Waals surface area contributed by atoms with Crippen LogP contribution in [0.1, 0.15) is 23.4 Å². The van der Waals surface area contributed by atoms with Gasteiger partial charge in [0.05, 0.1) is 5.69 Å². The molecule has 1 saturated heterocycles. The minimum absolute atomic E-state index is 0.186. The van der Waals surface area contributed by atoms with Gasteiger partial charge in [-0.3, -0.25) is 4.79 Å². The molecule has 6 heteroatoms. The number of rotatable bonds is 3. The lowest BCUT2D eigenvalue weighted by Gasteiger charge is -2.19. The first-order valence-corrected chi connectivity index (χ1v) is 6.88. The number of furan rings is 1. The van der Waals surface area contributed by atoms with E-state index < -0.39 is 0 Å². The van der Waals surface area contributed by atoms with Crippen LogP contribution in [0.2, 0.25) is 5.22 Å². The van der Waals surface area contributed by atoms with E-state index in [-0.39, 0.29) is 16.9 Å². The lowest BCUT2D eigenvalue weighted by molar-refractivity contribution is 0.0997. The smallest absolute Gasteiger partial charge is 0.291 e. The van der Waals surface area contributed by atoms with Crippen molar-refractivity contribution < 1.29 is 9.21 Å². The molecule has 1 N–H and O–H groups in total. The molecule has 104 valence electrons. The van der Waals surface area contributed by atoms with Crippen LogP contribution >= 0.6 is 11.6 Å². The maximum Gasteiger partial charge on any atom is 0.291 e. The van der Waals surface area contributed by atoms with Crippen molar-refractivity contribution in [1.29, 1.82) is 0 Å². The zero-order chi connectivity index (χ0) is 13.9. The van der Waals surface area contributed by atoms with Gasteiger partial charge in [0, 0.05) is 19.3 Å². The van der Waals surface area contributed by atoms with Crippen molar-refractivity contribution in [3.05, 3.63) is 41.4 Å². The second-order valence-electron chi connectivity index (χ2n) is 4.63. The number of carbonyl (C=O) groups is 1. The van der Waals surface area contributed by atoms with E-state index in [4.69, 9.17) is 16.0 Å². The van der Waals surface area contributed by atoms with E-state index in [0.717, 1.165) is 31.7 Å². The van der Waals surface area contributed by atoms with Crippen molar-refractivity contribution in [3.8, 4) is 0 Å². The monoisotopic (exact) mass is 291 g/mol. The van der Waals surface area contributed by atoms with E-state index in [2.05, 4.69) is 15.2 Å². The fraction of sp³-hybridized carbons (Fsp3) is 0.286. The molecular weight excluding hydrogens is 278 g/mol. The van der Waals surface area contributed by atoms with Crippen LogP contribution in [0.3, 0.4) is 0 Å². The predicted molar refractivity (Wildman–Crippen MR) is 77.4 cm³/mol. The molecule has 2 aromatic heterocycles. The van der Waals surface area contributed by atoms with Gasteiger partial charge in [-0.1, -0.05) is 0 Å². The number of nitrogens with one attached hydrogen (secondary N) is 1. The van der Waals surface area contributed by atoms with Crippen molar-refractivity contribution >= 4 is 29.0 Å². The summed E-state index contributed by atoms with van der Waals surface area (Å²) >= 11 is 5.68. The van der Waals surface area contributed by atoms with Crippen LogP contribution in [0.4, 0.5) is 11.5 Å². The summed E-state index contributed by atoms with van der Waals surface area (Å²) in [6.45, 7) is 1.93. The second kappa shape index (κ2) is 5.54. The van der Waals surface area contributed by atoms with Crippen LogP contribution in [0, 0.1) is 0 Å². The van der Waals surface area contributed by atoms with Gasteiger partial charge in [0.15, 0.2) is 16.8 Å². The quantitative estimate of drug-likeness (QED) is 0.943. The number of aromatic nitrogens is 1. The molecule has 2 aromatic rings. The highest BCUT2D eigenvalue weighted by Crippen LogP contribution is 2.26. The van der Waals surface area contributed by atoms with Gasteiger partial charge in [0.25, 0.3) is 5.91 Å². The predicted octanol–water partition coefficient (Wildman–Crippen LogP) is 3.18. The van der Waals surface area contributed by atoms with Crippen LogP contribution in [-0.2, 0) is 0 Å². The van der Waals surface area contributed by atoms with E-state index >= 15 is 0 Å². The standard InChI is InChI=1S/C14H14ClN3O2/c15-12-6-5-11(20-12)14(19)17-10-4-3-7-16-13(10)18-8-1-2-9-18/h3-7H,1-2,8-9H2,(H,17,19). The number of hydrogen-bond acceptors (Lipinski definition) is 4. The maximum absolute atomic E-state index is 12.1. The summed E-state index contributed by atoms with van der Waals surface area (Å²) in [6, 6.07) is 6.72. The summed E-state index contributed by atoms with van der Waals surface area (Å²) in [6.07, 6.45) is 4.03. The van der Waals surface area contributed by atoms with Gasteiger partial charge < -0.3 is 14.6 Å². The van der Waals surface area contributed by atoms with Crippen molar-refractivity contribution in [2.45, 2.75) is 12.8 Å². The first kappa shape index (κ1) is 13.0. The average molecular weight is 292 g/mol. The van der Waals surface area contributed by atoms with E-state index in [0.29, 0.717) is 5.69 Å². The Bertz CT molecular complexity index is 620. The normalized spacial score (nSPS) is 14.6. The SMILES string of the molecule is O=C(Nc1cccnc1N1CCCC1)c1ccc(Cl)o1. The Morgan fingerprint density at radius 1 is 1.30 bits per heavy atom. The summed E-state index contributed by atoms with van der Waals surface area (Å²) in [7, 11) is 0. The van der Waals surface area contributed by atoms with Gasteiger partial charge in [-0.15, -0.1) is 0 Å². The maximum atomic E-state index is 12.1. The summed E-state index contributed by atoms with van der Waals surface area (Å²) in [5.74, 6) is 0.660. The van der Waals surface area contributed by atoms with E-state index in [1.807, 2.05) is 6.07 Å². The Kier molecular flexibility index (Phi) is 3.60. The third-order valence-electron chi connectivity index (χ3n) is 3.24. The molecule has 0 saturated carbocycles. The minimum atomic E-state index is -0.328. The molecular formula is C14H14ClN3O2. The topological polar surface area (TPSA) is 58.4 Å². The lowest BCUT2D eigenvalue weighted by Crippen LogP contribution is -2.22. The third-order valence-corrected chi connectivity index (χ3v) is 3.44. The number of carbonyl (C=O) groups excluding carboxylic acids is 1. The zero-order valence-corrected chi connectivity index (χ0v) is 11.6. The molecule has 0 aromatic carbocycles. The van der Waals surface area contributed by atoms with Crippen LogP contribution in [0.5, 0.6) is 0 Å². The fourth-order valence-corrected chi connectivity index (χ4v) is 2.44. The van der Waals surface area contributed by atoms with E-state index in [9.17, 15) is 4.79 Å². The van der Waals surface area contributed by atoms with Gasteiger partial charge in [0.2, 0.25) is 0 Å². The lowest BCUT2D eigenvalue weighted by atomic mass is 10.3. The molecule has 0 spiro atoms. The highest BCUT2D eigenvalue weighted by Gasteiger charge is 2.19. The Labute approximate surface area is 121 Å². The average Bonchev–Trinajstić information content (AvgIpc) is 3.10. The number of halogens is 1. The van der Waals surface area contributed by atoms with Gasteiger partial charge in [-0.25, -0.2) is 4.98 Å². The van der Waals surface area contributed by atoms with Crippen molar-refractivity contribution in [2.24, 2.45) is 0 Å². The fourth-order valence-electron chi connectivity index (χ4n) is 2.30. The molecule has 3 rings (SSSR count). The molecule has 0 radical (unpaired) electrons. The third kappa shape index (κ3) is 2.63. The van der Waals surface area contributed by atoms with E-state index in [1.54, 1.807) is 24.4 Å². The second-order valence-corrected chi connectivity index (χ2v) is 5.00. The largest absolute Gasteiger partial charge is 0.440 e. The van der Waals surface area contributed by atoms with Crippen LogP contribution < -0.4 is 10.2 Å². The number of amides is 1. The van der Waals surface area contributed by atoms with Crippen molar-refractivity contribution in [2.75, 3.05) is 23.3 Å². The number of anilines is 2. The molecule has 3 heterocycles. The number of nitrogens with zero attached hydrogens (tertiary/aromatic N) is 2. The van der Waals surface area contributed by atoms with Gasteiger partial charge in [-0.2, -0.15) is 0 Å². The summed E-state index contributed by atoms with van der Waals surface area (Å²) in [5, 5.41) is 3.02. The first-order valence-electron chi connectivity index (χ1n) is 6.51. The van der Waals surface area contributed by atoms with Crippen LogP contribution in [0.25, 0.3) is 0 Å². The molecule has 0 aliphatic carbocycles. The molecule has 20 heavy (non-hydrogen) atoms. The summed E-state index contributed by atoms with van der Waals surface area (Å²) in [4.78, 5) is 18.6. The van der Waals surface area contributed by atoms with Crippen LogP contribution in [-0.4, -0.2) is 24.0 Å². The van der Waals surface area contributed by atoms with Gasteiger partial charge >= 0.3 is 0 Å². The molecule has 0 unspecified atom stereocenters. The first-order chi connectivity index (χ1) is 9.74. The molecule has 5 nitrogen and oxygen atoms in total.